The molecule has 0 N–H and O–H groups in total. The van der Waals surface area contributed by atoms with Crippen molar-refractivity contribution in [1.82, 2.24) is 9.97 Å². The molecule has 3 heterocycles. The number of rotatable bonds is 3. The molecule has 2 aromatic rings. The Morgan fingerprint density at radius 1 is 1.29 bits per heavy atom. The summed E-state index contributed by atoms with van der Waals surface area (Å²) in [6.45, 7) is 4.57. The summed E-state index contributed by atoms with van der Waals surface area (Å²) in [5.74, 6) is 0.898. The minimum Gasteiger partial charge on any atom is -0.370 e. The van der Waals surface area contributed by atoms with Gasteiger partial charge < -0.3 is 4.90 Å². The lowest BCUT2D eigenvalue weighted by molar-refractivity contribution is 0.435. The molecule has 0 saturated carbocycles. The zero-order valence-corrected chi connectivity index (χ0v) is 14.1. The predicted molar refractivity (Wildman–Crippen MR) is 91.7 cm³/mol. The van der Waals surface area contributed by atoms with Crippen molar-refractivity contribution in [2.45, 2.75) is 39.0 Å². The molecule has 0 aliphatic carbocycles. The highest BCUT2D eigenvalue weighted by atomic mass is 79.9. The molecule has 3 rings (SSSR count). The third-order valence-corrected chi connectivity index (χ3v) is 4.84. The van der Waals surface area contributed by atoms with Gasteiger partial charge in [-0.25, -0.2) is 0 Å². The Hall–Kier alpha value is -1.16. The van der Waals surface area contributed by atoms with Gasteiger partial charge in [-0.1, -0.05) is 19.8 Å². The first-order chi connectivity index (χ1) is 10.3. The maximum Gasteiger partial charge on any atom is 0.112 e. The molecule has 0 amide bonds. The van der Waals surface area contributed by atoms with Crippen LogP contribution in [0.25, 0.3) is 11.0 Å². The van der Waals surface area contributed by atoms with Crippen LogP contribution in [-0.4, -0.2) is 23.1 Å². The second-order valence-corrected chi connectivity index (χ2v) is 6.84. The Morgan fingerprint density at radius 3 is 3.05 bits per heavy atom. The minimum absolute atomic E-state index is 0.898. The Kier molecular flexibility index (Phi) is 4.73. The molecule has 1 aliphatic rings. The molecule has 1 atom stereocenters. The number of halogens is 1. The van der Waals surface area contributed by atoms with Gasteiger partial charge in [-0.2, -0.15) is 0 Å². The Bertz CT molecular complexity index is 614. The van der Waals surface area contributed by atoms with Crippen LogP contribution in [0.2, 0.25) is 0 Å². The van der Waals surface area contributed by atoms with Crippen LogP contribution < -0.4 is 4.90 Å². The molecule has 1 unspecified atom stereocenters. The van der Waals surface area contributed by atoms with Crippen LogP contribution in [0.3, 0.4) is 0 Å². The fraction of sp³-hybridized carbons (Fsp3) is 0.529. The normalized spacial score (nSPS) is 19.7. The summed E-state index contributed by atoms with van der Waals surface area (Å²) in [5, 5.41) is 0. The third-order valence-electron chi connectivity index (χ3n) is 4.41. The minimum atomic E-state index is 0.898. The monoisotopic (exact) mass is 347 g/mol. The standard InChI is InChI=1S/C17H22BrN3/c1-2-4-13-5-3-9-21(10-7-13)16-6-8-19-15-11-14(18)12-20-17(15)16/h6,8,11-13H,2-5,7,9-10H2,1H3. The van der Waals surface area contributed by atoms with E-state index in [4.69, 9.17) is 0 Å². The number of aromatic nitrogens is 2. The van der Waals surface area contributed by atoms with Gasteiger partial charge in [-0.3, -0.25) is 9.97 Å². The SMILES string of the molecule is CCCC1CCCN(c2ccnc3cc(Br)cnc23)CC1. The lowest BCUT2D eigenvalue weighted by Gasteiger charge is -2.23. The summed E-state index contributed by atoms with van der Waals surface area (Å²) in [6, 6.07) is 4.16. The van der Waals surface area contributed by atoms with E-state index in [1.165, 1.54) is 37.8 Å². The fourth-order valence-electron chi connectivity index (χ4n) is 3.35. The summed E-state index contributed by atoms with van der Waals surface area (Å²) in [6.07, 6.45) is 10.4. The van der Waals surface area contributed by atoms with Gasteiger partial charge in [0, 0.05) is 30.0 Å². The molecule has 0 radical (unpaired) electrons. The summed E-state index contributed by atoms with van der Waals surface area (Å²) >= 11 is 3.47. The fourth-order valence-corrected chi connectivity index (χ4v) is 3.67. The highest BCUT2D eigenvalue weighted by Gasteiger charge is 2.18. The van der Waals surface area contributed by atoms with Crippen LogP contribution in [0.4, 0.5) is 5.69 Å². The third kappa shape index (κ3) is 3.37. The van der Waals surface area contributed by atoms with Gasteiger partial charge in [0.1, 0.15) is 5.52 Å². The van der Waals surface area contributed by atoms with Gasteiger partial charge in [0.25, 0.3) is 0 Å². The van der Waals surface area contributed by atoms with E-state index < -0.39 is 0 Å². The van der Waals surface area contributed by atoms with E-state index in [9.17, 15) is 0 Å². The molecule has 0 aromatic carbocycles. The van der Waals surface area contributed by atoms with Crippen molar-refractivity contribution in [1.29, 1.82) is 0 Å². The summed E-state index contributed by atoms with van der Waals surface area (Å²) in [4.78, 5) is 11.5. The highest BCUT2D eigenvalue weighted by Crippen LogP contribution is 2.29. The Labute approximate surface area is 134 Å². The second kappa shape index (κ2) is 6.73. The van der Waals surface area contributed by atoms with E-state index in [0.717, 1.165) is 34.5 Å². The predicted octanol–water partition coefficient (Wildman–Crippen LogP) is 4.80. The van der Waals surface area contributed by atoms with Gasteiger partial charge in [0.05, 0.1) is 11.2 Å². The number of anilines is 1. The Balaban J connectivity index is 1.86. The number of hydrogen-bond donors (Lipinski definition) is 0. The molecule has 0 spiro atoms. The number of fused-ring (bicyclic) bond motifs is 1. The number of nitrogens with zero attached hydrogens (tertiary/aromatic N) is 3. The van der Waals surface area contributed by atoms with Crippen molar-refractivity contribution in [3.05, 3.63) is 29.0 Å². The van der Waals surface area contributed by atoms with Crippen molar-refractivity contribution in [2.75, 3.05) is 18.0 Å². The quantitative estimate of drug-likeness (QED) is 0.798. The summed E-state index contributed by atoms with van der Waals surface area (Å²) in [7, 11) is 0. The maximum atomic E-state index is 4.59. The van der Waals surface area contributed by atoms with Gasteiger partial charge >= 0.3 is 0 Å². The molecule has 1 saturated heterocycles. The van der Waals surface area contributed by atoms with E-state index >= 15 is 0 Å². The van der Waals surface area contributed by atoms with E-state index in [-0.39, 0.29) is 0 Å². The zero-order valence-electron chi connectivity index (χ0n) is 12.6. The van der Waals surface area contributed by atoms with Crippen molar-refractivity contribution in [3.63, 3.8) is 0 Å². The van der Waals surface area contributed by atoms with Gasteiger partial charge in [0.2, 0.25) is 0 Å². The molecule has 0 bridgehead atoms. The summed E-state index contributed by atoms with van der Waals surface area (Å²) < 4.78 is 0.985. The van der Waals surface area contributed by atoms with Crippen molar-refractivity contribution >= 4 is 32.7 Å². The van der Waals surface area contributed by atoms with E-state index in [0.29, 0.717) is 0 Å². The van der Waals surface area contributed by atoms with E-state index in [2.05, 4.69) is 43.8 Å². The van der Waals surface area contributed by atoms with Crippen molar-refractivity contribution in [3.8, 4) is 0 Å². The smallest absolute Gasteiger partial charge is 0.112 e. The molecule has 4 heteroatoms. The molecule has 112 valence electrons. The topological polar surface area (TPSA) is 29.0 Å². The molecule has 1 fully saturated rings. The summed E-state index contributed by atoms with van der Waals surface area (Å²) in [5.41, 5.74) is 3.23. The van der Waals surface area contributed by atoms with Crippen molar-refractivity contribution in [2.24, 2.45) is 5.92 Å². The van der Waals surface area contributed by atoms with Crippen LogP contribution >= 0.6 is 15.9 Å². The number of pyridine rings is 2. The lowest BCUT2D eigenvalue weighted by Crippen LogP contribution is -2.24. The first-order valence-corrected chi connectivity index (χ1v) is 8.72. The molecule has 3 nitrogen and oxygen atoms in total. The van der Waals surface area contributed by atoms with Crippen LogP contribution in [0, 0.1) is 5.92 Å². The molecule has 21 heavy (non-hydrogen) atoms. The van der Waals surface area contributed by atoms with Gasteiger partial charge in [0.15, 0.2) is 0 Å². The van der Waals surface area contributed by atoms with E-state index in [1.807, 2.05) is 18.5 Å². The molecule has 2 aromatic heterocycles. The second-order valence-electron chi connectivity index (χ2n) is 5.92. The lowest BCUT2D eigenvalue weighted by atomic mass is 9.96. The molecular weight excluding hydrogens is 326 g/mol. The maximum absolute atomic E-state index is 4.59. The van der Waals surface area contributed by atoms with Gasteiger partial charge in [-0.05, 0) is 53.2 Å². The highest BCUT2D eigenvalue weighted by molar-refractivity contribution is 9.10. The average molecular weight is 348 g/mol. The van der Waals surface area contributed by atoms with Crippen LogP contribution in [0.1, 0.15) is 39.0 Å². The zero-order chi connectivity index (χ0) is 14.7. The Morgan fingerprint density at radius 2 is 2.19 bits per heavy atom. The van der Waals surface area contributed by atoms with Gasteiger partial charge in [-0.15, -0.1) is 0 Å². The first kappa shape index (κ1) is 14.8. The largest absolute Gasteiger partial charge is 0.370 e. The van der Waals surface area contributed by atoms with Crippen LogP contribution in [0.5, 0.6) is 0 Å². The molecular formula is C17H22BrN3. The van der Waals surface area contributed by atoms with E-state index in [1.54, 1.807) is 0 Å². The van der Waals surface area contributed by atoms with Crippen LogP contribution in [0.15, 0.2) is 29.0 Å². The van der Waals surface area contributed by atoms with Crippen molar-refractivity contribution < 1.29 is 0 Å². The first-order valence-electron chi connectivity index (χ1n) is 7.93. The number of hydrogen-bond acceptors (Lipinski definition) is 3. The average Bonchev–Trinajstić information content (AvgIpc) is 2.72. The van der Waals surface area contributed by atoms with Crippen LogP contribution in [-0.2, 0) is 0 Å². The molecule has 1 aliphatic heterocycles.